The lowest BCUT2D eigenvalue weighted by atomic mass is 10.2. The summed E-state index contributed by atoms with van der Waals surface area (Å²) in [5.41, 5.74) is 2.17. The van der Waals surface area contributed by atoms with Crippen molar-refractivity contribution in [2.24, 2.45) is 0 Å². The third kappa shape index (κ3) is 2.85. The molecule has 2 rings (SSSR count). The summed E-state index contributed by atoms with van der Waals surface area (Å²) >= 11 is 6.08. The van der Waals surface area contributed by atoms with Crippen molar-refractivity contribution in [3.63, 3.8) is 0 Å². The van der Waals surface area contributed by atoms with E-state index in [0.717, 1.165) is 11.3 Å². The van der Waals surface area contributed by atoms with Gasteiger partial charge in [0.25, 0.3) is 0 Å². The van der Waals surface area contributed by atoms with Crippen molar-refractivity contribution < 1.29 is 9.90 Å². The molecular weight excluding hydrogens is 264 g/mol. The molecule has 1 N–H and O–H groups in total. The molecule has 0 atom stereocenters. The van der Waals surface area contributed by atoms with Crippen LogP contribution in [-0.2, 0) is 0 Å². The number of carbonyl (C=O) groups is 1. The van der Waals surface area contributed by atoms with E-state index in [4.69, 9.17) is 16.7 Å². The van der Waals surface area contributed by atoms with Gasteiger partial charge in [-0.3, -0.25) is 0 Å². The maximum atomic E-state index is 10.8. The first kappa shape index (κ1) is 13.4. The Hall–Kier alpha value is -2.07. The Labute approximate surface area is 116 Å². The number of aryl methyl sites for hydroxylation is 1. The number of hydrogen-bond acceptors (Lipinski definition) is 3. The Bertz CT molecular complexity index is 611. The predicted molar refractivity (Wildman–Crippen MR) is 75.4 cm³/mol. The number of aromatic carboxylic acids is 1. The first-order valence-corrected chi connectivity index (χ1v) is 6.06. The Balaban J connectivity index is 2.36. The Morgan fingerprint density at radius 1 is 1.32 bits per heavy atom. The van der Waals surface area contributed by atoms with Crippen molar-refractivity contribution in [3.05, 3.63) is 52.7 Å². The number of carboxylic acids is 1. The van der Waals surface area contributed by atoms with E-state index in [1.54, 1.807) is 0 Å². The SMILES string of the molecule is Cc1ccc(N(C)c2ncc(C(=O)O)cc2Cl)cc1. The standard InChI is InChI=1S/C14H13ClN2O2/c1-9-3-5-11(6-4-9)17(2)13-12(15)7-10(8-16-13)14(18)19/h3-8H,1-2H3,(H,18,19). The third-order valence-corrected chi connectivity index (χ3v) is 3.09. The molecule has 19 heavy (non-hydrogen) atoms. The molecule has 1 aromatic heterocycles. The molecule has 0 amide bonds. The molecule has 0 aliphatic rings. The molecule has 0 aliphatic heterocycles. The average Bonchev–Trinajstić information content (AvgIpc) is 2.38. The second-order valence-corrected chi connectivity index (χ2v) is 4.64. The second kappa shape index (κ2) is 5.28. The van der Waals surface area contributed by atoms with Gasteiger partial charge < -0.3 is 10.0 Å². The molecular formula is C14H13ClN2O2. The van der Waals surface area contributed by atoms with E-state index in [-0.39, 0.29) is 5.56 Å². The number of carboxylic acid groups (broad SMARTS) is 1. The van der Waals surface area contributed by atoms with Gasteiger partial charge in [-0.2, -0.15) is 0 Å². The molecule has 0 spiro atoms. The summed E-state index contributed by atoms with van der Waals surface area (Å²) < 4.78 is 0. The van der Waals surface area contributed by atoms with Gasteiger partial charge in [0.1, 0.15) is 0 Å². The van der Waals surface area contributed by atoms with Gasteiger partial charge in [-0.1, -0.05) is 29.3 Å². The number of nitrogens with zero attached hydrogens (tertiary/aromatic N) is 2. The highest BCUT2D eigenvalue weighted by atomic mass is 35.5. The maximum Gasteiger partial charge on any atom is 0.337 e. The molecule has 0 fully saturated rings. The number of aromatic nitrogens is 1. The third-order valence-electron chi connectivity index (χ3n) is 2.81. The predicted octanol–water partition coefficient (Wildman–Crippen LogP) is 3.51. The topological polar surface area (TPSA) is 53.4 Å². The zero-order valence-corrected chi connectivity index (χ0v) is 11.3. The number of halogens is 1. The minimum absolute atomic E-state index is 0.0751. The first-order valence-electron chi connectivity index (χ1n) is 5.68. The average molecular weight is 277 g/mol. The molecule has 0 aliphatic carbocycles. The van der Waals surface area contributed by atoms with Crippen molar-refractivity contribution in [1.82, 2.24) is 4.98 Å². The minimum atomic E-state index is -1.04. The molecule has 0 bridgehead atoms. The quantitative estimate of drug-likeness (QED) is 0.932. The van der Waals surface area contributed by atoms with Gasteiger partial charge in [-0.05, 0) is 25.1 Å². The largest absolute Gasteiger partial charge is 0.478 e. The molecule has 1 aromatic carbocycles. The lowest BCUT2D eigenvalue weighted by molar-refractivity contribution is 0.0696. The molecule has 98 valence electrons. The van der Waals surface area contributed by atoms with Gasteiger partial charge in [-0.15, -0.1) is 0 Å². The van der Waals surface area contributed by atoms with Crippen molar-refractivity contribution in [1.29, 1.82) is 0 Å². The molecule has 2 aromatic rings. The van der Waals surface area contributed by atoms with Gasteiger partial charge >= 0.3 is 5.97 Å². The lowest BCUT2D eigenvalue weighted by Crippen LogP contribution is -2.12. The van der Waals surface area contributed by atoms with Crippen LogP contribution in [0.1, 0.15) is 15.9 Å². The van der Waals surface area contributed by atoms with E-state index >= 15 is 0 Å². The van der Waals surface area contributed by atoms with Crippen molar-refractivity contribution in [2.75, 3.05) is 11.9 Å². The Morgan fingerprint density at radius 2 is 1.95 bits per heavy atom. The van der Waals surface area contributed by atoms with Gasteiger partial charge in [-0.25, -0.2) is 9.78 Å². The van der Waals surface area contributed by atoms with E-state index in [9.17, 15) is 4.79 Å². The number of hydrogen-bond donors (Lipinski definition) is 1. The zero-order valence-electron chi connectivity index (χ0n) is 10.6. The van der Waals surface area contributed by atoms with Crippen LogP contribution in [0.4, 0.5) is 11.5 Å². The van der Waals surface area contributed by atoms with Crippen LogP contribution in [0, 0.1) is 6.92 Å². The smallest absolute Gasteiger partial charge is 0.337 e. The lowest BCUT2D eigenvalue weighted by Gasteiger charge is -2.19. The summed E-state index contributed by atoms with van der Waals surface area (Å²) in [5, 5.41) is 9.18. The van der Waals surface area contributed by atoms with Crippen LogP contribution < -0.4 is 4.90 Å². The molecule has 5 heteroatoms. The number of benzene rings is 1. The highest BCUT2D eigenvalue weighted by Crippen LogP contribution is 2.29. The Morgan fingerprint density at radius 3 is 2.47 bits per heavy atom. The molecule has 1 heterocycles. The Kier molecular flexibility index (Phi) is 3.71. The monoisotopic (exact) mass is 276 g/mol. The van der Waals surface area contributed by atoms with Crippen LogP contribution >= 0.6 is 11.6 Å². The van der Waals surface area contributed by atoms with Crippen LogP contribution in [0.25, 0.3) is 0 Å². The zero-order chi connectivity index (χ0) is 14.0. The molecule has 0 radical (unpaired) electrons. The highest BCUT2D eigenvalue weighted by molar-refractivity contribution is 6.33. The van der Waals surface area contributed by atoms with Crippen LogP contribution in [0.5, 0.6) is 0 Å². The summed E-state index contributed by atoms with van der Waals surface area (Å²) in [6.45, 7) is 2.01. The fraction of sp³-hybridized carbons (Fsp3) is 0.143. The molecule has 0 saturated heterocycles. The van der Waals surface area contributed by atoms with E-state index in [2.05, 4.69) is 4.98 Å². The van der Waals surface area contributed by atoms with Gasteiger partial charge in [0.2, 0.25) is 0 Å². The van der Waals surface area contributed by atoms with Crippen molar-refractivity contribution in [2.45, 2.75) is 6.92 Å². The van der Waals surface area contributed by atoms with E-state index in [1.807, 2.05) is 43.1 Å². The van der Waals surface area contributed by atoms with Crippen LogP contribution in [0.15, 0.2) is 36.5 Å². The number of rotatable bonds is 3. The van der Waals surface area contributed by atoms with Crippen LogP contribution in [0.3, 0.4) is 0 Å². The fourth-order valence-electron chi connectivity index (χ4n) is 1.69. The van der Waals surface area contributed by atoms with Crippen LogP contribution in [0.2, 0.25) is 5.02 Å². The first-order chi connectivity index (χ1) is 8.99. The van der Waals surface area contributed by atoms with Crippen LogP contribution in [-0.4, -0.2) is 23.1 Å². The van der Waals surface area contributed by atoms with E-state index < -0.39 is 5.97 Å². The maximum absolute atomic E-state index is 10.8. The summed E-state index contributed by atoms with van der Waals surface area (Å²) in [6, 6.07) is 9.30. The fourth-order valence-corrected chi connectivity index (χ4v) is 1.98. The summed E-state index contributed by atoms with van der Waals surface area (Å²) in [4.78, 5) is 16.8. The van der Waals surface area contributed by atoms with Gasteiger partial charge in [0, 0.05) is 18.9 Å². The normalized spacial score (nSPS) is 10.3. The summed E-state index contributed by atoms with van der Waals surface area (Å²) in [5.74, 6) is -0.519. The number of anilines is 2. The van der Waals surface area contributed by atoms with E-state index in [1.165, 1.54) is 12.3 Å². The minimum Gasteiger partial charge on any atom is -0.478 e. The molecule has 4 nitrogen and oxygen atoms in total. The summed E-state index contributed by atoms with van der Waals surface area (Å²) in [7, 11) is 1.83. The van der Waals surface area contributed by atoms with Crippen molar-refractivity contribution in [3.8, 4) is 0 Å². The summed E-state index contributed by atoms with van der Waals surface area (Å²) in [6.07, 6.45) is 1.30. The van der Waals surface area contributed by atoms with Crippen molar-refractivity contribution >= 4 is 29.1 Å². The van der Waals surface area contributed by atoms with Gasteiger partial charge in [0.05, 0.1) is 10.6 Å². The highest BCUT2D eigenvalue weighted by Gasteiger charge is 2.13. The number of pyridine rings is 1. The molecule has 0 unspecified atom stereocenters. The van der Waals surface area contributed by atoms with E-state index in [0.29, 0.717) is 10.8 Å². The van der Waals surface area contributed by atoms with Gasteiger partial charge in [0.15, 0.2) is 5.82 Å². The second-order valence-electron chi connectivity index (χ2n) is 4.23. The molecule has 0 saturated carbocycles.